The highest BCUT2D eigenvalue weighted by Crippen LogP contribution is 2.26. The van der Waals surface area contributed by atoms with Crippen LogP contribution in [0.2, 0.25) is 0 Å². The summed E-state index contributed by atoms with van der Waals surface area (Å²) in [5, 5.41) is 7.76. The van der Waals surface area contributed by atoms with E-state index in [1.54, 1.807) is 16.8 Å². The van der Waals surface area contributed by atoms with E-state index >= 15 is 0 Å². The lowest BCUT2D eigenvalue weighted by atomic mass is 9.85. The fourth-order valence-corrected chi connectivity index (χ4v) is 3.90. The SMILES string of the molecule is NC1CCCC(C(=O)NCc2cn(-c3ccccc3)nc2-c2ccc(F)cc2)C1. The summed E-state index contributed by atoms with van der Waals surface area (Å²) in [4.78, 5) is 12.6. The standard InChI is InChI=1S/C23H25FN4O/c24-19-11-9-16(10-12-19)22-18(15-28(27-22)21-7-2-1-3-8-21)14-26-23(29)17-5-4-6-20(25)13-17/h1-3,7-12,15,17,20H,4-6,13-14,25H2,(H,26,29). The van der Waals surface area contributed by atoms with E-state index < -0.39 is 0 Å². The van der Waals surface area contributed by atoms with Gasteiger partial charge in [0.15, 0.2) is 0 Å². The molecule has 3 N–H and O–H groups in total. The monoisotopic (exact) mass is 392 g/mol. The Morgan fingerprint density at radius 1 is 1.14 bits per heavy atom. The van der Waals surface area contributed by atoms with E-state index in [2.05, 4.69) is 5.32 Å². The summed E-state index contributed by atoms with van der Waals surface area (Å²) < 4.78 is 15.2. The van der Waals surface area contributed by atoms with Crippen molar-refractivity contribution in [1.29, 1.82) is 0 Å². The lowest BCUT2D eigenvalue weighted by Crippen LogP contribution is -2.37. The topological polar surface area (TPSA) is 72.9 Å². The highest BCUT2D eigenvalue weighted by Gasteiger charge is 2.25. The molecule has 0 aliphatic heterocycles. The van der Waals surface area contributed by atoms with Crippen LogP contribution < -0.4 is 11.1 Å². The smallest absolute Gasteiger partial charge is 0.223 e. The maximum Gasteiger partial charge on any atom is 0.223 e. The molecule has 150 valence electrons. The minimum atomic E-state index is -0.292. The largest absolute Gasteiger partial charge is 0.352 e. The number of rotatable bonds is 5. The van der Waals surface area contributed by atoms with Crippen LogP contribution in [0.3, 0.4) is 0 Å². The Kier molecular flexibility index (Phi) is 5.71. The van der Waals surface area contributed by atoms with Crippen LogP contribution in [0.1, 0.15) is 31.2 Å². The van der Waals surface area contributed by atoms with Crippen molar-refractivity contribution in [2.24, 2.45) is 11.7 Å². The zero-order valence-electron chi connectivity index (χ0n) is 16.2. The average Bonchev–Trinajstić information content (AvgIpc) is 3.17. The van der Waals surface area contributed by atoms with Crippen molar-refractivity contribution in [2.75, 3.05) is 0 Å². The Balaban J connectivity index is 1.58. The normalized spacial score (nSPS) is 19.1. The van der Waals surface area contributed by atoms with Crippen molar-refractivity contribution < 1.29 is 9.18 Å². The van der Waals surface area contributed by atoms with Crippen molar-refractivity contribution in [3.8, 4) is 16.9 Å². The van der Waals surface area contributed by atoms with Crippen LogP contribution in [0.25, 0.3) is 16.9 Å². The molecular weight excluding hydrogens is 367 g/mol. The first-order valence-electron chi connectivity index (χ1n) is 10.0. The summed E-state index contributed by atoms with van der Waals surface area (Å²) in [6.45, 7) is 0.365. The number of carbonyl (C=O) groups excluding carboxylic acids is 1. The molecule has 1 heterocycles. The van der Waals surface area contributed by atoms with Crippen molar-refractivity contribution in [2.45, 2.75) is 38.3 Å². The first-order chi connectivity index (χ1) is 14.1. The maximum absolute atomic E-state index is 13.4. The Bertz CT molecular complexity index is 968. The first kappa shape index (κ1) is 19.3. The molecule has 0 spiro atoms. The highest BCUT2D eigenvalue weighted by molar-refractivity contribution is 5.79. The van der Waals surface area contributed by atoms with Crippen LogP contribution in [-0.2, 0) is 11.3 Å². The number of aromatic nitrogens is 2. The van der Waals surface area contributed by atoms with Gasteiger partial charge in [0.05, 0.1) is 11.4 Å². The third-order valence-corrected chi connectivity index (χ3v) is 5.47. The van der Waals surface area contributed by atoms with Gasteiger partial charge in [0, 0.05) is 35.8 Å². The molecule has 0 radical (unpaired) electrons. The summed E-state index contributed by atoms with van der Waals surface area (Å²) in [5.74, 6) is -0.283. The number of benzene rings is 2. The zero-order valence-corrected chi connectivity index (χ0v) is 16.2. The van der Waals surface area contributed by atoms with E-state index in [9.17, 15) is 9.18 Å². The second kappa shape index (κ2) is 8.57. The number of nitrogens with one attached hydrogen (secondary N) is 1. The molecule has 3 aromatic rings. The molecule has 4 rings (SSSR count). The minimum Gasteiger partial charge on any atom is -0.352 e. The number of para-hydroxylation sites is 1. The predicted molar refractivity (Wildman–Crippen MR) is 111 cm³/mol. The van der Waals surface area contributed by atoms with Crippen LogP contribution in [0.4, 0.5) is 4.39 Å². The highest BCUT2D eigenvalue weighted by atomic mass is 19.1. The number of carbonyl (C=O) groups is 1. The fraction of sp³-hybridized carbons (Fsp3) is 0.304. The minimum absolute atomic E-state index is 0.0304. The average molecular weight is 392 g/mol. The molecule has 5 nitrogen and oxygen atoms in total. The summed E-state index contributed by atoms with van der Waals surface area (Å²) in [5.41, 5.74) is 9.37. The zero-order chi connectivity index (χ0) is 20.2. The molecule has 1 aliphatic rings. The molecule has 1 aromatic heterocycles. The fourth-order valence-electron chi connectivity index (χ4n) is 3.90. The van der Waals surface area contributed by atoms with Gasteiger partial charge >= 0.3 is 0 Å². The Morgan fingerprint density at radius 3 is 2.62 bits per heavy atom. The number of nitrogens with zero attached hydrogens (tertiary/aromatic N) is 2. The van der Waals surface area contributed by atoms with Crippen molar-refractivity contribution in [1.82, 2.24) is 15.1 Å². The van der Waals surface area contributed by atoms with E-state index in [4.69, 9.17) is 10.8 Å². The Morgan fingerprint density at radius 2 is 1.90 bits per heavy atom. The molecule has 1 saturated carbocycles. The van der Waals surface area contributed by atoms with Gasteiger partial charge in [-0.25, -0.2) is 9.07 Å². The molecule has 1 aliphatic carbocycles. The Hall–Kier alpha value is -2.99. The third kappa shape index (κ3) is 4.54. The lowest BCUT2D eigenvalue weighted by molar-refractivity contribution is -0.126. The molecule has 2 aromatic carbocycles. The second-order valence-corrected chi connectivity index (χ2v) is 7.63. The molecule has 1 amide bonds. The first-order valence-corrected chi connectivity index (χ1v) is 10.0. The van der Waals surface area contributed by atoms with Crippen LogP contribution in [0.15, 0.2) is 60.8 Å². The van der Waals surface area contributed by atoms with Gasteiger partial charge in [-0.1, -0.05) is 24.6 Å². The number of amides is 1. The van der Waals surface area contributed by atoms with E-state index in [-0.39, 0.29) is 23.7 Å². The molecule has 2 unspecified atom stereocenters. The maximum atomic E-state index is 13.4. The van der Waals surface area contributed by atoms with Gasteiger partial charge in [-0.2, -0.15) is 5.10 Å². The van der Waals surface area contributed by atoms with Gasteiger partial charge in [-0.15, -0.1) is 0 Å². The molecule has 1 fully saturated rings. The van der Waals surface area contributed by atoms with Crippen LogP contribution in [0.5, 0.6) is 0 Å². The molecule has 0 saturated heterocycles. The van der Waals surface area contributed by atoms with Crippen molar-refractivity contribution in [3.05, 3.63) is 72.2 Å². The van der Waals surface area contributed by atoms with Gasteiger partial charge in [0.25, 0.3) is 0 Å². The molecular formula is C23H25FN4O. The van der Waals surface area contributed by atoms with Crippen molar-refractivity contribution in [3.63, 3.8) is 0 Å². The summed E-state index contributed by atoms with van der Waals surface area (Å²) in [6, 6.07) is 16.1. The predicted octanol–water partition coefficient (Wildman–Crippen LogP) is 3.81. The number of hydrogen-bond acceptors (Lipinski definition) is 3. The van der Waals surface area contributed by atoms with Gasteiger partial charge in [0.2, 0.25) is 5.91 Å². The van der Waals surface area contributed by atoms with Gasteiger partial charge < -0.3 is 11.1 Å². The Labute approximate surface area is 169 Å². The molecule has 2 atom stereocenters. The third-order valence-electron chi connectivity index (χ3n) is 5.47. The number of halogens is 1. The summed E-state index contributed by atoms with van der Waals surface area (Å²) in [6.07, 6.45) is 5.52. The van der Waals surface area contributed by atoms with E-state index in [0.717, 1.165) is 48.2 Å². The quantitative estimate of drug-likeness (QED) is 0.693. The molecule has 0 bridgehead atoms. The van der Waals surface area contributed by atoms with E-state index in [0.29, 0.717) is 6.54 Å². The van der Waals surface area contributed by atoms with E-state index in [1.165, 1.54) is 12.1 Å². The van der Waals surface area contributed by atoms with Crippen LogP contribution >= 0.6 is 0 Å². The van der Waals surface area contributed by atoms with E-state index in [1.807, 2.05) is 36.5 Å². The van der Waals surface area contributed by atoms with Gasteiger partial charge in [-0.3, -0.25) is 4.79 Å². The van der Waals surface area contributed by atoms with Gasteiger partial charge in [0.1, 0.15) is 5.82 Å². The van der Waals surface area contributed by atoms with Crippen molar-refractivity contribution >= 4 is 5.91 Å². The molecule has 6 heteroatoms. The number of nitrogens with two attached hydrogens (primary N) is 1. The summed E-state index contributed by atoms with van der Waals surface area (Å²) >= 11 is 0. The van der Waals surface area contributed by atoms with Crippen LogP contribution in [0, 0.1) is 11.7 Å². The second-order valence-electron chi connectivity index (χ2n) is 7.63. The summed E-state index contributed by atoms with van der Waals surface area (Å²) in [7, 11) is 0. The number of hydrogen-bond donors (Lipinski definition) is 2. The van der Waals surface area contributed by atoms with Gasteiger partial charge in [-0.05, 0) is 55.7 Å². The van der Waals surface area contributed by atoms with Crippen LogP contribution in [-0.4, -0.2) is 21.7 Å². The molecule has 29 heavy (non-hydrogen) atoms. The lowest BCUT2D eigenvalue weighted by Gasteiger charge is -2.25.